The van der Waals surface area contributed by atoms with Gasteiger partial charge < -0.3 is 0 Å². The second-order valence-electron chi connectivity index (χ2n) is 6.69. The fourth-order valence-electron chi connectivity index (χ4n) is 3.13. The highest BCUT2D eigenvalue weighted by molar-refractivity contribution is 6.12. The van der Waals surface area contributed by atoms with E-state index in [4.69, 9.17) is 0 Å². The molecule has 0 saturated heterocycles. The van der Waals surface area contributed by atoms with E-state index in [2.05, 4.69) is 32.9 Å². The van der Waals surface area contributed by atoms with Crippen molar-refractivity contribution in [1.29, 1.82) is 0 Å². The van der Waals surface area contributed by atoms with Crippen LogP contribution in [-0.2, 0) is 9.59 Å². The minimum atomic E-state index is -0.175. The van der Waals surface area contributed by atoms with Crippen LogP contribution in [0.3, 0.4) is 0 Å². The van der Waals surface area contributed by atoms with Gasteiger partial charge in [-0.25, -0.2) is 0 Å². The van der Waals surface area contributed by atoms with Crippen LogP contribution in [0.2, 0.25) is 0 Å². The first-order valence-corrected chi connectivity index (χ1v) is 7.92. The van der Waals surface area contributed by atoms with Crippen molar-refractivity contribution < 1.29 is 9.59 Å². The highest BCUT2D eigenvalue weighted by Crippen LogP contribution is 2.30. The number of hydrogen-bond acceptors (Lipinski definition) is 2. The van der Waals surface area contributed by atoms with E-state index in [0.717, 1.165) is 28.7 Å². The number of benzene rings is 1. The number of hydrogen-bond donors (Lipinski definition) is 0. The molecule has 0 unspecified atom stereocenters. The molecule has 118 valence electrons. The molecule has 0 bridgehead atoms. The Balaban J connectivity index is 2.31. The molecule has 0 aromatic heterocycles. The van der Waals surface area contributed by atoms with E-state index in [9.17, 15) is 9.59 Å². The summed E-state index contributed by atoms with van der Waals surface area (Å²) >= 11 is 0. The second-order valence-corrected chi connectivity index (χ2v) is 6.69. The van der Waals surface area contributed by atoms with Crippen LogP contribution in [0.25, 0.3) is 5.57 Å². The average Bonchev–Trinajstić information content (AvgIpc) is 2.35. The highest BCUT2D eigenvalue weighted by Gasteiger charge is 2.27. The van der Waals surface area contributed by atoms with Crippen LogP contribution in [0.5, 0.6) is 0 Å². The molecule has 0 fully saturated rings. The Hall–Kier alpha value is -1.90. The van der Waals surface area contributed by atoms with Crippen molar-refractivity contribution in [2.45, 2.75) is 47.5 Å². The number of nitrogens with zero attached hydrogens (tertiary/aromatic N) is 1. The minimum Gasteiger partial charge on any atom is -0.279 e. The quantitative estimate of drug-likeness (QED) is 0.793. The summed E-state index contributed by atoms with van der Waals surface area (Å²) in [5.74, 6) is 0.223. The molecule has 2 rings (SSSR count). The average molecular weight is 299 g/mol. The number of rotatable bonds is 4. The van der Waals surface area contributed by atoms with Gasteiger partial charge in [-0.3, -0.25) is 14.5 Å². The zero-order chi connectivity index (χ0) is 16.4. The monoisotopic (exact) mass is 299 g/mol. The summed E-state index contributed by atoms with van der Waals surface area (Å²) in [4.78, 5) is 26.1. The predicted octanol–water partition coefficient (Wildman–Crippen LogP) is 3.80. The van der Waals surface area contributed by atoms with E-state index in [1.165, 1.54) is 10.5 Å². The van der Waals surface area contributed by atoms with Crippen molar-refractivity contribution in [3.63, 3.8) is 0 Å². The maximum absolute atomic E-state index is 12.4. The first-order chi connectivity index (χ1) is 10.3. The summed E-state index contributed by atoms with van der Waals surface area (Å²) in [6.45, 7) is 10.8. The molecule has 3 nitrogen and oxygen atoms in total. The van der Waals surface area contributed by atoms with Crippen LogP contribution in [-0.4, -0.2) is 23.3 Å². The standard InChI is InChI=1S/C19H25NO2/c1-12(2)6-7-20-17(21)10-16(11-18(20)22)19-14(4)8-13(3)9-15(19)5/h8-10,12H,6-7,11H2,1-5H3. The molecule has 2 amide bonds. The Labute approximate surface area is 133 Å². The van der Waals surface area contributed by atoms with Crippen molar-refractivity contribution in [3.05, 3.63) is 40.5 Å². The smallest absolute Gasteiger partial charge is 0.253 e. The van der Waals surface area contributed by atoms with Crippen molar-refractivity contribution in [1.82, 2.24) is 4.90 Å². The van der Waals surface area contributed by atoms with E-state index < -0.39 is 0 Å². The van der Waals surface area contributed by atoms with Gasteiger partial charge in [-0.15, -0.1) is 0 Å². The lowest BCUT2D eigenvalue weighted by Gasteiger charge is -2.26. The first-order valence-electron chi connectivity index (χ1n) is 7.92. The van der Waals surface area contributed by atoms with Gasteiger partial charge in [0.1, 0.15) is 0 Å². The topological polar surface area (TPSA) is 37.4 Å². The van der Waals surface area contributed by atoms with Gasteiger partial charge in [0.15, 0.2) is 0 Å². The SMILES string of the molecule is Cc1cc(C)c(C2=CC(=O)N(CCC(C)C)C(=O)C2)c(C)c1. The van der Waals surface area contributed by atoms with Crippen LogP contribution in [0.1, 0.15) is 48.9 Å². The predicted molar refractivity (Wildman–Crippen MR) is 89.4 cm³/mol. The molecule has 1 aliphatic heterocycles. The molecule has 1 aromatic rings. The number of carbonyl (C=O) groups excluding carboxylic acids is 2. The lowest BCUT2D eigenvalue weighted by Crippen LogP contribution is -2.39. The largest absolute Gasteiger partial charge is 0.279 e. The molecule has 1 aliphatic rings. The van der Waals surface area contributed by atoms with Crippen LogP contribution in [0.15, 0.2) is 18.2 Å². The van der Waals surface area contributed by atoms with Gasteiger partial charge in [0.05, 0.1) is 6.42 Å². The van der Waals surface area contributed by atoms with Gasteiger partial charge in [-0.05, 0) is 55.4 Å². The summed E-state index contributed by atoms with van der Waals surface area (Å²) in [7, 11) is 0. The Morgan fingerprint density at radius 3 is 2.18 bits per heavy atom. The molecule has 0 spiro atoms. The van der Waals surface area contributed by atoms with Gasteiger partial charge in [-0.1, -0.05) is 31.5 Å². The molecule has 0 atom stereocenters. The van der Waals surface area contributed by atoms with E-state index in [1.54, 1.807) is 6.08 Å². The fraction of sp³-hybridized carbons (Fsp3) is 0.474. The Morgan fingerprint density at radius 1 is 1.09 bits per heavy atom. The molecule has 0 saturated carbocycles. The normalized spacial score (nSPS) is 15.5. The molecular formula is C19H25NO2. The van der Waals surface area contributed by atoms with Crippen molar-refractivity contribution in [2.24, 2.45) is 5.92 Å². The summed E-state index contributed by atoms with van der Waals surface area (Å²) in [6, 6.07) is 4.20. The van der Waals surface area contributed by atoms with E-state index in [0.29, 0.717) is 18.9 Å². The lowest BCUT2D eigenvalue weighted by atomic mass is 9.90. The third-order valence-electron chi connectivity index (χ3n) is 4.13. The number of carbonyl (C=O) groups is 2. The van der Waals surface area contributed by atoms with Crippen LogP contribution >= 0.6 is 0 Å². The summed E-state index contributed by atoms with van der Waals surface area (Å²) in [6.07, 6.45) is 2.81. The summed E-state index contributed by atoms with van der Waals surface area (Å²) in [5, 5.41) is 0. The van der Waals surface area contributed by atoms with Gasteiger partial charge in [-0.2, -0.15) is 0 Å². The Morgan fingerprint density at radius 2 is 1.68 bits per heavy atom. The maximum atomic E-state index is 12.4. The molecular weight excluding hydrogens is 274 g/mol. The molecule has 22 heavy (non-hydrogen) atoms. The number of amides is 2. The van der Waals surface area contributed by atoms with E-state index >= 15 is 0 Å². The van der Waals surface area contributed by atoms with Crippen LogP contribution < -0.4 is 0 Å². The van der Waals surface area contributed by atoms with Crippen molar-refractivity contribution >= 4 is 17.4 Å². The third kappa shape index (κ3) is 3.46. The van der Waals surface area contributed by atoms with Crippen molar-refractivity contribution in [2.75, 3.05) is 6.54 Å². The molecule has 3 heteroatoms. The number of aryl methyl sites for hydroxylation is 3. The second kappa shape index (κ2) is 6.47. The maximum Gasteiger partial charge on any atom is 0.253 e. The zero-order valence-corrected chi connectivity index (χ0v) is 14.2. The highest BCUT2D eigenvalue weighted by atomic mass is 16.2. The van der Waals surface area contributed by atoms with Crippen LogP contribution in [0, 0.1) is 26.7 Å². The first kappa shape index (κ1) is 16.5. The third-order valence-corrected chi connectivity index (χ3v) is 4.13. The molecule has 1 aromatic carbocycles. The van der Waals surface area contributed by atoms with Crippen molar-refractivity contribution in [3.8, 4) is 0 Å². The zero-order valence-electron chi connectivity index (χ0n) is 14.2. The van der Waals surface area contributed by atoms with Gasteiger partial charge in [0, 0.05) is 12.6 Å². The lowest BCUT2D eigenvalue weighted by molar-refractivity contribution is -0.142. The Kier molecular flexibility index (Phi) is 4.84. The van der Waals surface area contributed by atoms with Gasteiger partial charge in [0.2, 0.25) is 5.91 Å². The van der Waals surface area contributed by atoms with Gasteiger partial charge >= 0.3 is 0 Å². The summed E-state index contributed by atoms with van der Waals surface area (Å²) in [5.41, 5.74) is 5.35. The number of imide groups is 1. The van der Waals surface area contributed by atoms with E-state index in [1.807, 2.05) is 13.8 Å². The molecule has 0 aliphatic carbocycles. The molecule has 0 radical (unpaired) electrons. The fourth-order valence-corrected chi connectivity index (χ4v) is 3.13. The van der Waals surface area contributed by atoms with Crippen LogP contribution in [0.4, 0.5) is 0 Å². The molecule has 0 N–H and O–H groups in total. The summed E-state index contributed by atoms with van der Waals surface area (Å²) < 4.78 is 0. The molecule has 1 heterocycles. The minimum absolute atomic E-state index is 0.0810. The Bertz CT molecular complexity index is 618. The van der Waals surface area contributed by atoms with Gasteiger partial charge in [0.25, 0.3) is 5.91 Å². The van der Waals surface area contributed by atoms with E-state index in [-0.39, 0.29) is 11.8 Å².